The average molecular weight is 406 g/mol. The van der Waals surface area contributed by atoms with E-state index in [9.17, 15) is 18.5 Å². The highest BCUT2D eigenvalue weighted by Gasteiger charge is 2.30. The summed E-state index contributed by atoms with van der Waals surface area (Å²) in [7, 11) is -3.44. The number of rotatable bonds is 7. The van der Waals surface area contributed by atoms with E-state index >= 15 is 0 Å². The molecule has 28 heavy (non-hydrogen) atoms. The summed E-state index contributed by atoms with van der Waals surface area (Å²) in [5.74, 6) is 0.684. The van der Waals surface area contributed by atoms with Crippen molar-refractivity contribution in [3.63, 3.8) is 0 Å². The highest BCUT2D eigenvalue weighted by atomic mass is 32.2. The molecular weight excluding hydrogens is 380 g/mol. The highest BCUT2D eigenvalue weighted by molar-refractivity contribution is 7.89. The van der Waals surface area contributed by atoms with E-state index in [0.717, 1.165) is 24.8 Å². The van der Waals surface area contributed by atoms with Gasteiger partial charge < -0.3 is 0 Å². The number of aromatic amines is 1. The molecule has 1 atom stereocenters. The number of nitro groups is 1. The van der Waals surface area contributed by atoms with E-state index in [1.54, 1.807) is 22.5 Å². The zero-order chi connectivity index (χ0) is 20.1. The minimum Gasteiger partial charge on any atom is -0.274 e. The molecular formula is C19H25N4O4S+. The Morgan fingerprint density at radius 2 is 1.96 bits per heavy atom. The number of H-pyrrole nitrogens is 1. The fraction of sp³-hybridized carbons (Fsp3) is 0.421. The molecule has 2 N–H and O–H groups in total. The molecule has 9 heteroatoms. The van der Waals surface area contributed by atoms with Crippen molar-refractivity contribution in [2.45, 2.75) is 43.5 Å². The van der Waals surface area contributed by atoms with Gasteiger partial charge in [-0.1, -0.05) is 18.6 Å². The average Bonchev–Trinajstić information content (AvgIpc) is 2.69. The van der Waals surface area contributed by atoms with Gasteiger partial charge in [0.2, 0.25) is 10.0 Å². The third-order valence-corrected chi connectivity index (χ3v) is 7.04. The lowest BCUT2D eigenvalue weighted by molar-refractivity contribution is -0.413. The largest absolute Gasteiger partial charge is 0.308 e. The van der Waals surface area contributed by atoms with E-state index < -0.39 is 14.9 Å². The molecule has 2 aromatic rings. The third kappa shape index (κ3) is 4.66. The van der Waals surface area contributed by atoms with Crippen molar-refractivity contribution in [2.75, 3.05) is 18.4 Å². The SMILES string of the molecule is C[C@@H]1CCCCN1S(=O)(=O)c1ccc(CCNc2ccc([N+](=O)[O-])c[nH+]2)cc1. The molecule has 0 aliphatic carbocycles. The molecule has 1 aliphatic rings. The van der Waals surface area contributed by atoms with Crippen LogP contribution in [0, 0.1) is 10.1 Å². The Bertz CT molecular complexity index is 914. The molecule has 1 aromatic heterocycles. The van der Waals surface area contributed by atoms with Crippen LogP contribution in [-0.2, 0) is 16.4 Å². The van der Waals surface area contributed by atoms with Crippen LogP contribution in [0.25, 0.3) is 0 Å². The highest BCUT2D eigenvalue weighted by Crippen LogP contribution is 2.25. The summed E-state index contributed by atoms with van der Waals surface area (Å²) in [5, 5.41) is 13.8. The van der Waals surface area contributed by atoms with Gasteiger partial charge in [0.15, 0.2) is 6.20 Å². The van der Waals surface area contributed by atoms with Crippen LogP contribution in [-0.4, -0.2) is 36.8 Å². The Kier molecular flexibility index (Phi) is 6.25. The number of hydrogen-bond acceptors (Lipinski definition) is 5. The number of benzene rings is 1. The van der Waals surface area contributed by atoms with Crippen molar-refractivity contribution in [1.82, 2.24) is 4.31 Å². The van der Waals surface area contributed by atoms with Crippen molar-refractivity contribution < 1.29 is 18.3 Å². The van der Waals surface area contributed by atoms with Crippen LogP contribution in [0.3, 0.4) is 0 Å². The molecule has 150 valence electrons. The van der Waals surface area contributed by atoms with Crippen molar-refractivity contribution in [2.24, 2.45) is 0 Å². The van der Waals surface area contributed by atoms with Crippen LogP contribution in [0.5, 0.6) is 0 Å². The Hall–Kier alpha value is -2.52. The van der Waals surface area contributed by atoms with Crippen LogP contribution in [0.4, 0.5) is 11.5 Å². The fourth-order valence-electron chi connectivity index (χ4n) is 3.37. The van der Waals surface area contributed by atoms with Crippen LogP contribution in [0.2, 0.25) is 0 Å². The standard InChI is InChI=1S/C19H24N4O4S/c1-15-4-2-3-13-22(15)28(26,27)18-8-5-16(6-9-18)11-12-20-19-10-7-17(14-21-19)23(24)25/h5-10,14-15H,2-4,11-13H2,1H3,(H,20,21)/p+1/t15-/m1/s1. The van der Waals surface area contributed by atoms with Crippen molar-refractivity contribution in [1.29, 1.82) is 0 Å². The van der Waals surface area contributed by atoms with Crippen LogP contribution < -0.4 is 10.3 Å². The van der Waals surface area contributed by atoms with Gasteiger partial charge in [-0.25, -0.2) is 13.4 Å². The Morgan fingerprint density at radius 1 is 1.21 bits per heavy atom. The summed E-state index contributed by atoms with van der Waals surface area (Å²) in [5.41, 5.74) is 1.02. The maximum Gasteiger partial charge on any atom is 0.308 e. The first kappa shape index (κ1) is 20.2. The monoisotopic (exact) mass is 405 g/mol. The predicted octanol–water partition coefficient (Wildman–Crippen LogP) is 2.63. The molecule has 0 amide bonds. The van der Waals surface area contributed by atoms with Crippen molar-refractivity contribution in [3.8, 4) is 0 Å². The molecule has 1 saturated heterocycles. The smallest absolute Gasteiger partial charge is 0.274 e. The van der Waals surface area contributed by atoms with Gasteiger partial charge in [-0.15, -0.1) is 0 Å². The molecule has 3 rings (SSSR count). The van der Waals surface area contributed by atoms with Gasteiger partial charge in [-0.05, 0) is 37.5 Å². The van der Waals surface area contributed by atoms with Crippen LogP contribution in [0.15, 0.2) is 47.5 Å². The first-order valence-electron chi connectivity index (χ1n) is 9.39. The molecule has 1 aliphatic heterocycles. The molecule has 0 bridgehead atoms. The lowest BCUT2D eigenvalue weighted by Crippen LogP contribution is -2.41. The summed E-state index contributed by atoms with van der Waals surface area (Å²) in [4.78, 5) is 13.4. The molecule has 0 saturated carbocycles. The van der Waals surface area contributed by atoms with E-state index in [1.165, 1.54) is 12.3 Å². The van der Waals surface area contributed by atoms with Crippen LogP contribution >= 0.6 is 0 Å². The fourth-order valence-corrected chi connectivity index (χ4v) is 5.07. The number of piperidine rings is 1. The number of sulfonamides is 1. The van der Waals surface area contributed by atoms with Gasteiger partial charge in [-0.2, -0.15) is 4.31 Å². The topological polar surface area (TPSA) is 107 Å². The molecule has 2 heterocycles. The van der Waals surface area contributed by atoms with E-state index in [-0.39, 0.29) is 11.7 Å². The zero-order valence-corrected chi connectivity index (χ0v) is 16.6. The quantitative estimate of drug-likeness (QED) is 0.563. The number of nitrogens with zero attached hydrogens (tertiary/aromatic N) is 2. The van der Waals surface area contributed by atoms with Crippen LogP contribution in [0.1, 0.15) is 31.7 Å². The Morgan fingerprint density at radius 3 is 2.57 bits per heavy atom. The maximum atomic E-state index is 12.8. The molecule has 0 unspecified atom stereocenters. The Labute approximate surface area is 164 Å². The summed E-state index contributed by atoms with van der Waals surface area (Å²) in [6, 6.07) is 10.1. The summed E-state index contributed by atoms with van der Waals surface area (Å²) in [6.45, 7) is 3.16. The maximum absolute atomic E-state index is 12.8. The molecule has 1 fully saturated rings. The van der Waals surface area contributed by atoms with Crippen molar-refractivity contribution in [3.05, 3.63) is 58.3 Å². The number of pyridine rings is 1. The molecule has 1 aromatic carbocycles. The number of hydrogen-bond donors (Lipinski definition) is 1. The second-order valence-corrected chi connectivity index (χ2v) is 8.89. The van der Waals surface area contributed by atoms with Gasteiger partial charge in [0, 0.05) is 31.1 Å². The van der Waals surface area contributed by atoms with E-state index in [0.29, 0.717) is 30.2 Å². The first-order valence-corrected chi connectivity index (χ1v) is 10.8. The van der Waals surface area contributed by atoms with E-state index in [4.69, 9.17) is 0 Å². The van der Waals surface area contributed by atoms with Gasteiger partial charge in [0.05, 0.1) is 16.4 Å². The Balaban J connectivity index is 1.57. The van der Waals surface area contributed by atoms with Gasteiger partial charge >= 0.3 is 5.69 Å². The predicted molar refractivity (Wildman–Crippen MR) is 105 cm³/mol. The number of nitrogens with one attached hydrogen (secondary N) is 2. The number of aromatic nitrogens is 1. The van der Waals surface area contributed by atoms with Gasteiger partial charge in [-0.3, -0.25) is 15.4 Å². The second kappa shape index (κ2) is 8.66. The molecule has 0 radical (unpaired) electrons. The summed E-state index contributed by atoms with van der Waals surface area (Å²) in [6.07, 6.45) is 4.93. The molecule has 8 nitrogen and oxygen atoms in total. The third-order valence-electron chi connectivity index (χ3n) is 5.01. The summed E-state index contributed by atoms with van der Waals surface area (Å²) < 4.78 is 27.3. The van der Waals surface area contributed by atoms with Gasteiger partial charge in [0.25, 0.3) is 5.82 Å². The zero-order valence-electron chi connectivity index (χ0n) is 15.8. The lowest BCUT2D eigenvalue weighted by Gasteiger charge is -2.32. The normalized spacial score (nSPS) is 18.0. The minimum atomic E-state index is -3.44. The number of anilines is 1. The summed E-state index contributed by atoms with van der Waals surface area (Å²) >= 11 is 0. The van der Waals surface area contributed by atoms with Crippen molar-refractivity contribution >= 4 is 21.5 Å². The lowest BCUT2D eigenvalue weighted by atomic mass is 10.1. The van der Waals surface area contributed by atoms with Gasteiger partial charge in [0.1, 0.15) is 0 Å². The minimum absolute atomic E-state index is 0.00497. The molecule has 0 spiro atoms. The second-order valence-electron chi connectivity index (χ2n) is 7.00. The van der Waals surface area contributed by atoms with E-state index in [2.05, 4.69) is 10.3 Å². The van der Waals surface area contributed by atoms with E-state index in [1.807, 2.05) is 19.1 Å². The first-order chi connectivity index (χ1) is 13.4.